The summed E-state index contributed by atoms with van der Waals surface area (Å²) in [6.07, 6.45) is 2.70. The molecule has 2 aliphatic heterocycles. The van der Waals surface area contributed by atoms with Gasteiger partial charge in [-0.1, -0.05) is 37.6 Å². The van der Waals surface area contributed by atoms with Crippen LogP contribution in [0, 0.1) is 0 Å². The van der Waals surface area contributed by atoms with Crippen molar-refractivity contribution in [2.75, 3.05) is 27.3 Å². The smallest absolute Gasteiger partial charge is 0.254 e. The highest BCUT2D eigenvalue weighted by Crippen LogP contribution is 2.48. The molecule has 2 amide bonds. The minimum Gasteiger partial charge on any atom is -0.493 e. The number of nitrogens with zero attached hydrogens (tertiary/aromatic N) is 1. The molecule has 2 heterocycles. The van der Waals surface area contributed by atoms with Gasteiger partial charge in [0, 0.05) is 18.7 Å². The highest BCUT2D eigenvalue weighted by molar-refractivity contribution is 6.02. The monoisotopic (exact) mass is 408 g/mol. The van der Waals surface area contributed by atoms with E-state index in [0.717, 1.165) is 24.8 Å². The number of carbonyl (C=O) groups is 2. The van der Waals surface area contributed by atoms with E-state index in [-0.39, 0.29) is 17.9 Å². The number of hydrogen-bond acceptors (Lipinski definition) is 4. The van der Waals surface area contributed by atoms with Crippen molar-refractivity contribution in [3.63, 3.8) is 0 Å². The van der Waals surface area contributed by atoms with E-state index in [1.165, 1.54) is 5.56 Å². The third-order valence-electron chi connectivity index (χ3n) is 6.14. The van der Waals surface area contributed by atoms with Gasteiger partial charge in [0.2, 0.25) is 5.91 Å². The summed E-state index contributed by atoms with van der Waals surface area (Å²) in [6, 6.07) is 11.3. The molecule has 0 saturated heterocycles. The van der Waals surface area contributed by atoms with Crippen molar-refractivity contribution in [3.05, 3.63) is 58.7 Å². The van der Waals surface area contributed by atoms with Gasteiger partial charge in [-0.25, -0.2) is 0 Å². The van der Waals surface area contributed by atoms with Crippen LogP contribution in [0.5, 0.6) is 11.5 Å². The fraction of sp³-hybridized carbons (Fsp3) is 0.417. The largest absolute Gasteiger partial charge is 0.493 e. The molecule has 0 spiro atoms. The number of carbonyl (C=O) groups excluding carboxylic acids is 2. The number of amides is 2. The zero-order chi connectivity index (χ0) is 21.3. The molecule has 0 unspecified atom stereocenters. The molecule has 2 aliphatic rings. The molecule has 30 heavy (non-hydrogen) atoms. The minimum absolute atomic E-state index is 0.0591. The van der Waals surface area contributed by atoms with Crippen molar-refractivity contribution in [2.45, 2.75) is 38.1 Å². The maximum absolute atomic E-state index is 13.5. The van der Waals surface area contributed by atoms with Gasteiger partial charge in [-0.05, 0) is 41.7 Å². The van der Waals surface area contributed by atoms with Crippen LogP contribution in [-0.4, -0.2) is 44.0 Å². The molecule has 0 radical (unpaired) electrons. The van der Waals surface area contributed by atoms with Gasteiger partial charge < -0.3 is 19.7 Å². The van der Waals surface area contributed by atoms with Crippen molar-refractivity contribution >= 4 is 11.8 Å². The van der Waals surface area contributed by atoms with Crippen LogP contribution < -0.4 is 14.8 Å². The Morgan fingerprint density at radius 3 is 2.60 bits per heavy atom. The summed E-state index contributed by atoms with van der Waals surface area (Å²) in [5.74, 6) is 0.383. The summed E-state index contributed by atoms with van der Waals surface area (Å²) >= 11 is 0. The summed E-state index contributed by atoms with van der Waals surface area (Å²) in [4.78, 5) is 28.7. The van der Waals surface area contributed by atoms with E-state index in [4.69, 9.17) is 9.47 Å². The van der Waals surface area contributed by atoms with Crippen LogP contribution in [0.4, 0.5) is 0 Å². The van der Waals surface area contributed by atoms with E-state index < -0.39 is 5.92 Å². The number of ether oxygens (including phenoxy) is 2. The number of nitrogens with one attached hydrogen (secondary N) is 1. The molecule has 4 rings (SSSR count). The summed E-state index contributed by atoms with van der Waals surface area (Å²) in [7, 11) is 3.11. The van der Waals surface area contributed by atoms with Crippen LogP contribution in [0.15, 0.2) is 36.4 Å². The van der Waals surface area contributed by atoms with E-state index in [1.807, 2.05) is 23.1 Å². The van der Waals surface area contributed by atoms with E-state index in [0.29, 0.717) is 35.7 Å². The van der Waals surface area contributed by atoms with E-state index in [2.05, 4.69) is 18.3 Å². The van der Waals surface area contributed by atoms with Crippen molar-refractivity contribution < 1.29 is 19.1 Å². The maximum Gasteiger partial charge on any atom is 0.254 e. The molecule has 6 heteroatoms. The Labute approximate surface area is 177 Å². The van der Waals surface area contributed by atoms with Crippen LogP contribution in [0.3, 0.4) is 0 Å². The Morgan fingerprint density at radius 1 is 1.13 bits per heavy atom. The number of methoxy groups -OCH3 is 2. The first-order valence-corrected chi connectivity index (χ1v) is 10.5. The minimum atomic E-state index is -0.504. The van der Waals surface area contributed by atoms with Crippen molar-refractivity contribution in [3.8, 4) is 11.5 Å². The van der Waals surface area contributed by atoms with E-state index in [1.54, 1.807) is 26.4 Å². The molecule has 0 saturated carbocycles. The highest BCUT2D eigenvalue weighted by Gasteiger charge is 2.46. The zero-order valence-corrected chi connectivity index (χ0v) is 17.7. The van der Waals surface area contributed by atoms with Crippen LogP contribution in [-0.2, 0) is 11.2 Å². The number of unbranched alkanes of at least 4 members (excludes halogenated alkanes) is 1. The Kier molecular flexibility index (Phi) is 5.66. The summed E-state index contributed by atoms with van der Waals surface area (Å²) in [5.41, 5.74) is 3.46. The molecule has 0 bridgehead atoms. The number of benzene rings is 2. The second-order valence-corrected chi connectivity index (χ2v) is 7.81. The number of rotatable bonds is 6. The molecule has 1 N–H and O–H groups in total. The van der Waals surface area contributed by atoms with Crippen LogP contribution in [0.1, 0.15) is 58.8 Å². The van der Waals surface area contributed by atoms with E-state index in [9.17, 15) is 9.59 Å². The van der Waals surface area contributed by atoms with E-state index >= 15 is 0 Å². The van der Waals surface area contributed by atoms with Gasteiger partial charge >= 0.3 is 0 Å². The fourth-order valence-corrected chi connectivity index (χ4v) is 4.63. The molecule has 158 valence electrons. The Balaban J connectivity index is 1.87. The average Bonchev–Trinajstić information content (AvgIpc) is 2.78. The molecule has 0 aliphatic carbocycles. The highest BCUT2D eigenvalue weighted by atomic mass is 16.5. The SMILES string of the molecule is CCCCNC(=O)[C@H]1c2cc(OC)c(OC)cc2C(=O)N2CCc3ccccc3[C@@H]12. The molecule has 0 aromatic heterocycles. The van der Waals surface area contributed by atoms with Crippen molar-refractivity contribution in [2.24, 2.45) is 0 Å². The van der Waals surface area contributed by atoms with Crippen LogP contribution >= 0.6 is 0 Å². The summed E-state index contributed by atoms with van der Waals surface area (Å²) in [5, 5.41) is 3.09. The average molecular weight is 408 g/mol. The molecule has 2 atom stereocenters. The summed E-state index contributed by atoms with van der Waals surface area (Å²) in [6.45, 7) is 3.31. The molecular formula is C24H28N2O4. The topological polar surface area (TPSA) is 67.9 Å². The standard InChI is InChI=1S/C24H28N2O4/c1-4-5-11-25-23(27)21-17-13-19(29-2)20(30-3)14-18(17)24(28)26-12-10-15-8-6-7-9-16(15)22(21)26/h6-9,13-14,21-22H,4-5,10-12H2,1-3H3,(H,25,27)/t21-,22-/m0/s1. The normalized spacial score (nSPS) is 19.4. The molecule has 2 aromatic carbocycles. The molecule has 6 nitrogen and oxygen atoms in total. The van der Waals surface area contributed by atoms with Crippen LogP contribution in [0.25, 0.3) is 0 Å². The molecule has 0 fully saturated rings. The van der Waals surface area contributed by atoms with Gasteiger partial charge in [0.1, 0.15) is 0 Å². The Bertz CT molecular complexity index is 972. The maximum atomic E-state index is 13.5. The first kappa shape index (κ1) is 20.3. The lowest BCUT2D eigenvalue weighted by Gasteiger charge is -2.45. The zero-order valence-electron chi connectivity index (χ0n) is 17.7. The van der Waals surface area contributed by atoms with Crippen molar-refractivity contribution in [1.29, 1.82) is 0 Å². The van der Waals surface area contributed by atoms with Gasteiger partial charge in [-0.2, -0.15) is 0 Å². The third-order valence-corrected chi connectivity index (χ3v) is 6.14. The number of hydrogen-bond donors (Lipinski definition) is 1. The lowest BCUT2D eigenvalue weighted by Crippen LogP contribution is -2.50. The first-order valence-electron chi connectivity index (χ1n) is 10.5. The predicted octanol–water partition coefficient (Wildman–Crippen LogP) is 3.46. The third kappa shape index (κ3) is 3.30. The second kappa shape index (κ2) is 8.38. The lowest BCUT2D eigenvalue weighted by molar-refractivity contribution is -0.124. The number of fused-ring (bicyclic) bond motifs is 4. The van der Waals surface area contributed by atoms with Crippen molar-refractivity contribution in [1.82, 2.24) is 10.2 Å². The fourth-order valence-electron chi connectivity index (χ4n) is 4.63. The lowest BCUT2D eigenvalue weighted by atomic mass is 9.75. The van der Waals surface area contributed by atoms with Gasteiger partial charge in [0.05, 0.1) is 26.2 Å². The van der Waals surface area contributed by atoms with Gasteiger partial charge in [0.25, 0.3) is 5.91 Å². The van der Waals surface area contributed by atoms with Crippen LogP contribution in [0.2, 0.25) is 0 Å². The Morgan fingerprint density at radius 2 is 1.87 bits per heavy atom. The predicted molar refractivity (Wildman–Crippen MR) is 114 cm³/mol. The Hall–Kier alpha value is -3.02. The van der Waals surface area contributed by atoms with Gasteiger partial charge in [-0.15, -0.1) is 0 Å². The summed E-state index contributed by atoms with van der Waals surface area (Å²) < 4.78 is 10.9. The van der Waals surface area contributed by atoms with Gasteiger partial charge in [0.15, 0.2) is 11.5 Å². The first-order chi connectivity index (χ1) is 14.6. The second-order valence-electron chi connectivity index (χ2n) is 7.81. The van der Waals surface area contributed by atoms with Gasteiger partial charge in [-0.3, -0.25) is 9.59 Å². The molecular weight excluding hydrogens is 380 g/mol. The molecule has 2 aromatic rings. The quantitative estimate of drug-likeness (QED) is 0.744.